The van der Waals surface area contributed by atoms with E-state index in [1.165, 1.54) is 0 Å². The maximum atomic E-state index is 11.5. The van der Waals surface area contributed by atoms with E-state index >= 15 is 0 Å². The predicted molar refractivity (Wildman–Crippen MR) is 70.8 cm³/mol. The normalized spacial score (nSPS) is 9.65. The molecule has 0 radical (unpaired) electrons. The van der Waals surface area contributed by atoms with Gasteiger partial charge in [0.25, 0.3) is 0 Å². The largest absolute Gasteiger partial charge is 0.330 e. The zero-order valence-electron chi connectivity index (χ0n) is 9.48. The van der Waals surface area contributed by atoms with E-state index in [0.717, 1.165) is 12.2 Å². The molecule has 0 spiro atoms. The lowest BCUT2D eigenvalue weighted by Crippen LogP contribution is -2.14. The average molecular weight is 249 g/mol. The van der Waals surface area contributed by atoms with E-state index in [-0.39, 0.29) is 5.91 Å². The van der Waals surface area contributed by atoms with Crippen LogP contribution in [0.2, 0.25) is 0 Å². The van der Waals surface area contributed by atoms with Gasteiger partial charge in [0.1, 0.15) is 0 Å². The van der Waals surface area contributed by atoms with Crippen molar-refractivity contribution < 1.29 is 4.79 Å². The minimum absolute atomic E-state index is 0.0536. The average Bonchev–Trinajstić information content (AvgIpc) is 2.35. The van der Waals surface area contributed by atoms with Crippen LogP contribution < -0.4 is 11.1 Å². The van der Waals surface area contributed by atoms with Crippen molar-refractivity contribution in [2.45, 2.75) is 6.42 Å². The molecule has 0 unspecified atom stereocenters. The summed E-state index contributed by atoms with van der Waals surface area (Å²) in [5, 5.41) is 11.5. The molecule has 0 bridgehead atoms. The van der Waals surface area contributed by atoms with Gasteiger partial charge in [-0.05, 0) is 36.9 Å². The van der Waals surface area contributed by atoms with Gasteiger partial charge in [-0.3, -0.25) is 4.79 Å². The van der Waals surface area contributed by atoms with Crippen LogP contribution in [0.15, 0.2) is 24.3 Å². The molecule has 90 valence electrons. The van der Waals surface area contributed by atoms with Gasteiger partial charge in [0.15, 0.2) is 0 Å². The Bertz CT molecular complexity index is 414. The molecule has 1 rings (SSSR count). The Labute approximate surface area is 105 Å². The Morgan fingerprint density at radius 1 is 1.53 bits per heavy atom. The number of nitrogens with one attached hydrogen (secondary N) is 1. The molecule has 3 N–H and O–H groups in total. The number of nitriles is 1. The summed E-state index contributed by atoms with van der Waals surface area (Å²) in [5.74, 6) is 1.25. The smallest absolute Gasteiger partial charge is 0.234 e. The monoisotopic (exact) mass is 249 g/mol. The topological polar surface area (TPSA) is 78.9 Å². The van der Waals surface area contributed by atoms with Crippen molar-refractivity contribution in [1.82, 2.24) is 0 Å². The van der Waals surface area contributed by atoms with E-state index in [1.807, 2.05) is 6.07 Å². The van der Waals surface area contributed by atoms with E-state index in [4.69, 9.17) is 11.0 Å². The molecule has 0 saturated heterocycles. The van der Waals surface area contributed by atoms with Gasteiger partial charge in [-0.1, -0.05) is 6.07 Å². The second-order valence-electron chi connectivity index (χ2n) is 3.44. The lowest BCUT2D eigenvalue weighted by Gasteiger charge is -2.05. The molecule has 0 aliphatic rings. The molecule has 17 heavy (non-hydrogen) atoms. The van der Waals surface area contributed by atoms with Crippen molar-refractivity contribution in [3.8, 4) is 6.07 Å². The summed E-state index contributed by atoms with van der Waals surface area (Å²) in [6.07, 6.45) is 0.919. The molecule has 0 heterocycles. The molecular weight excluding hydrogens is 234 g/mol. The lowest BCUT2D eigenvalue weighted by atomic mass is 10.2. The third kappa shape index (κ3) is 5.38. The Balaban J connectivity index is 2.37. The molecule has 0 aromatic heterocycles. The fraction of sp³-hybridized carbons (Fsp3) is 0.333. The number of nitrogens with two attached hydrogens (primary N) is 1. The summed E-state index contributed by atoms with van der Waals surface area (Å²) < 4.78 is 0. The van der Waals surface area contributed by atoms with Gasteiger partial charge in [-0.2, -0.15) is 17.0 Å². The van der Waals surface area contributed by atoms with Crippen LogP contribution in [0, 0.1) is 11.3 Å². The quantitative estimate of drug-likeness (QED) is 0.750. The Hall–Kier alpha value is -1.51. The van der Waals surface area contributed by atoms with Crippen molar-refractivity contribution in [2.75, 3.05) is 23.4 Å². The van der Waals surface area contributed by atoms with Crippen molar-refractivity contribution in [3.63, 3.8) is 0 Å². The van der Waals surface area contributed by atoms with Gasteiger partial charge >= 0.3 is 0 Å². The SMILES string of the molecule is N#Cc1cccc(NC(=O)CSCCCN)c1. The summed E-state index contributed by atoms with van der Waals surface area (Å²) >= 11 is 1.56. The van der Waals surface area contributed by atoms with Gasteiger partial charge in [0, 0.05) is 5.69 Å². The fourth-order valence-corrected chi connectivity index (χ4v) is 1.99. The maximum absolute atomic E-state index is 11.5. The Kier molecular flexibility index (Phi) is 6.15. The van der Waals surface area contributed by atoms with Crippen molar-refractivity contribution >= 4 is 23.4 Å². The van der Waals surface area contributed by atoms with E-state index in [2.05, 4.69) is 5.32 Å². The summed E-state index contributed by atoms with van der Waals surface area (Å²) in [7, 11) is 0. The van der Waals surface area contributed by atoms with Gasteiger partial charge < -0.3 is 11.1 Å². The number of amides is 1. The van der Waals surface area contributed by atoms with Crippen LogP contribution in [-0.2, 0) is 4.79 Å². The standard InChI is InChI=1S/C12H15N3OS/c13-5-2-6-17-9-12(16)15-11-4-1-3-10(7-11)8-14/h1,3-4,7H,2,5-6,9,13H2,(H,15,16). The second kappa shape index (κ2) is 7.71. The summed E-state index contributed by atoms with van der Waals surface area (Å²) in [6, 6.07) is 8.90. The van der Waals surface area contributed by atoms with Crippen LogP contribution in [0.25, 0.3) is 0 Å². The van der Waals surface area contributed by atoms with Crippen LogP contribution in [0.4, 0.5) is 5.69 Å². The molecule has 0 atom stereocenters. The number of hydrogen-bond donors (Lipinski definition) is 2. The van der Waals surface area contributed by atoms with Crippen molar-refractivity contribution in [1.29, 1.82) is 5.26 Å². The van der Waals surface area contributed by atoms with E-state index in [9.17, 15) is 4.79 Å². The number of hydrogen-bond acceptors (Lipinski definition) is 4. The van der Waals surface area contributed by atoms with Gasteiger partial charge in [0.2, 0.25) is 5.91 Å². The molecule has 4 nitrogen and oxygen atoms in total. The maximum Gasteiger partial charge on any atom is 0.234 e. The van der Waals surface area contributed by atoms with Crippen LogP contribution in [-0.4, -0.2) is 24.0 Å². The first-order valence-electron chi connectivity index (χ1n) is 5.34. The number of benzene rings is 1. The molecule has 0 aliphatic heterocycles. The summed E-state index contributed by atoms with van der Waals surface area (Å²) in [5.41, 5.74) is 6.56. The molecular formula is C12H15N3OS. The van der Waals surface area contributed by atoms with Crippen LogP contribution in [0.5, 0.6) is 0 Å². The summed E-state index contributed by atoms with van der Waals surface area (Å²) in [6.45, 7) is 0.652. The van der Waals surface area contributed by atoms with Gasteiger partial charge in [-0.15, -0.1) is 0 Å². The number of thioether (sulfide) groups is 1. The molecule has 1 amide bonds. The third-order valence-corrected chi connectivity index (χ3v) is 3.05. The van der Waals surface area contributed by atoms with Gasteiger partial charge in [0.05, 0.1) is 17.4 Å². The lowest BCUT2D eigenvalue weighted by molar-refractivity contribution is -0.113. The van der Waals surface area contributed by atoms with E-state index < -0.39 is 0 Å². The zero-order valence-corrected chi connectivity index (χ0v) is 10.3. The number of rotatable bonds is 6. The molecule has 1 aromatic carbocycles. The summed E-state index contributed by atoms with van der Waals surface area (Å²) in [4.78, 5) is 11.5. The predicted octanol–water partition coefficient (Wildman–Crippen LogP) is 1.58. The van der Waals surface area contributed by atoms with Gasteiger partial charge in [-0.25, -0.2) is 0 Å². The molecule has 0 saturated carbocycles. The molecule has 0 aliphatic carbocycles. The number of nitrogens with zero attached hydrogens (tertiary/aromatic N) is 1. The minimum atomic E-state index is -0.0536. The number of carbonyl (C=O) groups excluding carboxylic acids is 1. The minimum Gasteiger partial charge on any atom is -0.330 e. The highest BCUT2D eigenvalue weighted by Gasteiger charge is 2.02. The van der Waals surface area contributed by atoms with Crippen molar-refractivity contribution in [2.24, 2.45) is 5.73 Å². The zero-order chi connectivity index (χ0) is 12.5. The van der Waals surface area contributed by atoms with E-state index in [1.54, 1.807) is 36.0 Å². The first kappa shape index (κ1) is 13.6. The number of anilines is 1. The number of carbonyl (C=O) groups is 1. The molecule has 5 heteroatoms. The molecule has 0 fully saturated rings. The van der Waals surface area contributed by atoms with E-state index in [0.29, 0.717) is 23.5 Å². The first-order chi connectivity index (χ1) is 8.26. The highest BCUT2D eigenvalue weighted by molar-refractivity contribution is 7.99. The fourth-order valence-electron chi connectivity index (χ4n) is 1.21. The van der Waals surface area contributed by atoms with Crippen LogP contribution in [0.1, 0.15) is 12.0 Å². The molecule has 1 aromatic rings. The Morgan fingerprint density at radius 3 is 3.06 bits per heavy atom. The van der Waals surface area contributed by atoms with Crippen LogP contribution >= 0.6 is 11.8 Å². The highest BCUT2D eigenvalue weighted by Crippen LogP contribution is 2.10. The second-order valence-corrected chi connectivity index (χ2v) is 4.54. The van der Waals surface area contributed by atoms with Crippen molar-refractivity contribution in [3.05, 3.63) is 29.8 Å². The first-order valence-corrected chi connectivity index (χ1v) is 6.49. The highest BCUT2D eigenvalue weighted by atomic mass is 32.2. The third-order valence-electron chi connectivity index (χ3n) is 2.00. The van der Waals surface area contributed by atoms with Crippen LogP contribution in [0.3, 0.4) is 0 Å². The Morgan fingerprint density at radius 2 is 2.35 bits per heavy atom.